The van der Waals surface area contributed by atoms with Crippen molar-refractivity contribution in [3.8, 4) is 0 Å². The van der Waals surface area contributed by atoms with E-state index >= 15 is 0 Å². The van der Waals surface area contributed by atoms with Crippen LogP contribution in [0.4, 0.5) is 0 Å². The van der Waals surface area contributed by atoms with Gasteiger partial charge < -0.3 is 10.2 Å². The molecule has 0 bridgehead atoms. The van der Waals surface area contributed by atoms with E-state index in [1.54, 1.807) is 29.3 Å². The Labute approximate surface area is 184 Å². The second kappa shape index (κ2) is 10.0. The number of pyridine rings is 1. The van der Waals surface area contributed by atoms with Gasteiger partial charge in [-0.25, -0.2) is 0 Å². The van der Waals surface area contributed by atoms with Crippen molar-refractivity contribution in [2.45, 2.75) is 31.7 Å². The summed E-state index contributed by atoms with van der Waals surface area (Å²) in [5, 5.41) is 2.95. The van der Waals surface area contributed by atoms with Gasteiger partial charge in [0.15, 0.2) is 0 Å². The Bertz CT molecular complexity index is 989. The fraction of sp³-hybridized carbons (Fsp3) is 0.269. The van der Waals surface area contributed by atoms with Crippen LogP contribution < -0.4 is 5.32 Å². The quantitative estimate of drug-likeness (QED) is 0.596. The number of carbonyl (C=O) groups excluding carboxylic acids is 2. The first kappa shape index (κ1) is 22.2. The molecule has 31 heavy (non-hydrogen) atoms. The van der Waals surface area contributed by atoms with Gasteiger partial charge in [0.05, 0.1) is 0 Å². The average Bonchev–Trinajstić information content (AvgIpc) is 2.82. The lowest BCUT2D eigenvalue weighted by Crippen LogP contribution is -2.50. The van der Waals surface area contributed by atoms with Gasteiger partial charge in [-0.1, -0.05) is 68.4 Å². The number of hydrogen-bond acceptors (Lipinski definition) is 3. The summed E-state index contributed by atoms with van der Waals surface area (Å²) in [6.45, 7) is 4.72. The van der Waals surface area contributed by atoms with Gasteiger partial charge in [-0.3, -0.25) is 14.6 Å². The van der Waals surface area contributed by atoms with Crippen LogP contribution in [0.1, 0.15) is 46.7 Å². The second-order valence-electron chi connectivity index (χ2n) is 8.15. The molecule has 2 aromatic carbocycles. The van der Waals surface area contributed by atoms with Crippen LogP contribution in [0.3, 0.4) is 0 Å². The monoisotopic (exact) mass is 415 g/mol. The minimum Gasteiger partial charge on any atom is -0.351 e. The summed E-state index contributed by atoms with van der Waals surface area (Å²) in [4.78, 5) is 31.5. The molecule has 160 valence electrons. The Hall–Kier alpha value is -3.47. The maximum atomic E-state index is 13.2. The highest BCUT2D eigenvalue weighted by atomic mass is 16.2. The second-order valence-corrected chi connectivity index (χ2v) is 8.15. The molecule has 5 heteroatoms. The fourth-order valence-corrected chi connectivity index (χ4v) is 3.93. The average molecular weight is 416 g/mol. The van der Waals surface area contributed by atoms with Crippen molar-refractivity contribution >= 4 is 11.8 Å². The SMILES string of the molecule is CN(C(=O)c1ccccc1)C(CCNC(=O)c1ccccn1)C(C)(C)c1ccccc1. The third-order valence-corrected chi connectivity index (χ3v) is 5.76. The van der Waals surface area contributed by atoms with Crippen LogP contribution >= 0.6 is 0 Å². The smallest absolute Gasteiger partial charge is 0.269 e. The predicted octanol–water partition coefficient (Wildman–Crippen LogP) is 4.32. The highest BCUT2D eigenvalue weighted by molar-refractivity contribution is 5.94. The van der Waals surface area contributed by atoms with Gasteiger partial charge >= 0.3 is 0 Å². The molecule has 0 fully saturated rings. The topological polar surface area (TPSA) is 62.3 Å². The third-order valence-electron chi connectivity index (χ3n) is 5.76. The molecule has 5 nitrogen and oxygen atoms in total. The van der Waals surface area contributed by atoms with E-state index in [-0.39, 0.29) is 23.3 Å². The van der Waals surface area contributed by atoms with Crippen molar-refractivity contribution < 1.29 is 9.59 Å². The minimum atomic E-state index is -0.323. The Kier molecular flexibility index (Phi) is 7.19. The molecule has 1 heterocycles. The first-order valence-corrected chi connectivity index (χ1v) is 10.5. The molecule has 3 aromatic rings. The largest absolute Gasteiger partial charge is 0.351 e. The first-order chi connectivity index (χ1) is 14.9. The molecule has 1 N–H and O–H groups in total. The molecule has 1 atom stereocenters. The Morgan fingerprint density at radius 2 is 1.55 bits per heavy atom. The van der Waals surface area contributed by atoms with E-state index in [4.69, 9.17) is 0 Å². The Morgan fingerprint density at radius 3 is 2.16 bits per heavy atom. The first-order valence-electron chi connectivity index (χ1n) is 10.5. The van der Waals surface area contributed by atoms with Crippen LogP contribution in [0.25, 0.3) is 0 Å². The number of nitrogens with one attached hydrogen (secondary N) is 1. The number of nitrogens with zero attached hydrogens (tertiary/aromatic N) is 2. The molecular formula is C26H29N3O2. The minimum absolute atomic E-state index is 0.0364. The molecule has 0 saturated carbocycles. The molecule has 1 aromatic heterocycles. The van der Waals surface area contributed by atoms with E-state index < -0.39 is 0 Å². The van der Waals surface area contributed by atoms with Crippen molar-refractivity contribution in [3.05, 3.63) is 102 Å². The summed E-state index contributed by atoms with van der Waals surface area (Å²) in [6.07, 6.45) is 2.21. The van der Waals surface area contributed by atoms with E-state index in [9.17, 15) is 9.59 Å². The summed E-state index contributed by atoms with van der Waals surface area (Å²) in [5.74, 6) is -0.250. The molecule has 1 unspecified atom stereocenters. The highest BCUT2D eigenvalue weighted by Gasteiger charge is 2.36. The number of hydrogen-bond donors (Lipinski definition) is 1. The zero-order chi connectivity index (χ0) is 22.3. The fourth-order valence-electron chi connectivity index (χ4n) is 3.93. The molecule has 0 saturated heterocycles. The summed E-state index contributed by atoms with van der Waals surface area (Å²) in [7, 11) is 1.84. The molecule has 0 radical (unpaired) electrons. The van der Waals surface area contributed by atoms with Crippen LogP contribution in [-0.4, -0.2) is 41.3 Å². The zero-order valence-corrected chi connectivity index (χ0v) is 18.3. The predicted molar refractivity (Wildman–Crippen MR) is 123 cm³/mol. The van der Waals surface area contributed by atoms with Crippen molar-refractivity contribution in [1.29, 1.82) is 0 Å². The van der Waals surface area contributed by atoms with Gasteiger partial charge in [0.25, 0.3) is 11.8 Å². The van der Waals surface area contributed by atoms with E-state index in [1.165, 1.54) is 0 Å². The molecule has 3 rings (SSSR count). The number of likely N-dealkylation sites (N-methyl/N-ethyl adjacent to an activating group) is 1. The van der Waals surface area contributed by atoms with Crippen molar-refractivity contribution in [3.63, 3.8) is 0 Å². The van der Waals surface area contributed by atoms with Crippen molar-refractivity contribution in [2.24, 2.45) is 0 Å². The summed E-state index contributed by atoms with van der Waals surface area (Å²) in [6, 6.07) is 24.6. The van der Waals surface area contributed by atoms with Crippen molar-refractivity contribution in [2.75, 3.05) is 13.6 Å². The molecule has 0 aliphatic carbocycles. The number of amides is 2. The molecular weight excluding hydrogens is 386 g/mol. The zero-order valence-electron chi connectivity index (χ0n) is 18.3. The lowest BCUT2D eigenvalue weighted by Gasteiger charge is -2.41. The maximum absolute atomic E-state index is 13.2. The molecule has 0 aliphatic heterocycles. The highest BCUT2D eigenvalue weighted by Crippen LogP contribution is 2.32. The van der Waals surface area contributed by atoms with Crippen LogP contribution in [0.5, 0.6) is 0 Å². The number of aromatic nitrogens is 1. The van der Waals surface area contributed by atoms with Gasteiger partial charge in [-0.15, -0.1) is 0 Å². The van der Waals surface area contributed by atoms with Crippen molar-refractivity contribution in [1.82, 2.24) is 15.2 Å². The standard InChI is InChI=1S/C26H29N3O2/c1-26(2,21-14-8-5-9-15-21)23(29(3)25(31)20-12-6-4-7-13-20)17-19-28-24(30)22-16-10-11-18-27-22/h4-16,18,23H,17,19H2,1-3H3,(H,28,30). The number of benzene rings is 2. The molecule has 2 amide bonds. The maximum Gasteiger partial charge on any atom is 0.269 e. The lowest BCUT2D eigenvalue weighted by molar-refractivity contribution is 0.0645. The van der Waals surface area contributed by atoms with Gasteiger partial charge in [-0.2, -0.15) is 0 Å². The van der Waals surface area contributed by atoms with E-state index in [0.717, 1.165) is 5.56 Å². The van der Waals surface area contributed by atoms with E-state index in [0.29, 0.717) is 24.2 Å². The number of carbonyl (C=O) groups is 2. The molecule has 0 spiro atoms. The van der Waals surface area contributed by atoms with Crippen LogP contribution in [0.2, 0.25) is 0 Å². The normalized spacial score (nSPS) is 12.1. The van der Waals surface area contributed by atoms with Crippen LogP contribution in [0, 0.1) is 0 Å². The summed E-state index contributed by atoms with van der Waals surface area (Å²) < 4.78 is 0. The van der Waals surface area contributed by atoms with Gasteiger partial charge in [0.1, 0.15) is 5.69 Å². The Morgan fingerprint density at radius 1 is 0.935 bits per heavy atom. The number of rotatable bonds is 8. The lowest BCUT2D eigenvalue weighted by atomic mass is 9.75. The third kappa shape index (κ3) is 5.37. The summed E-state index contributed by atoms with van der Waals surface area (Å²) in [5.41, 5.74) is 1.85. The summed E-state index contributed by atoms with van der Waals surface area (Å²) >= 11 is 0. The van der Waals surface area contributed by atoms with E-state index in [2.05, 4.69) is 36.3 Å². The van der Waals surface area contributed by atoms with Crippen LogP contribution in [-0.2, 0) is 5.41 Å². The van der Waals surface area contributed by atoms with Crippen LogP contribution in [0.15, 0.2) is 85.1 Å². The van der Waals surface area contributed by atoms with E-state index in [1.807, 2.05) is 55.6 Å². The van der Waals surface area contributed by atoms with Gasteiger partial charge in [0, 0.05) is 36.8 Å². The molecule has 0 aliphatic rings. The van der Waals surface area contributed by atoms with Gasteiger partial charge in [0.2, 0.25) is 0 Å². The Balaban J connectivity index is 1.80. The van der Waals surface area contributed by atoms with Gasteiger partial charge in [-0.05, 0) is 36.2 Å².